The lowest BCUT2D eigenvalue weighted by Gasteiger charge is -2.21. The Morgan fingerprint density at radius 3 is 2.35 bits per heavy atom. The Bertz CT molecular complexity index is 903. The van der Waals surface area contributed by atoms with Crippen molar-refractivity contribution in [3.05, 3.63) is 65.7 Å². The number of nitrogens with two attached hydrogens (primary N) is 2. The second-order valence-electron chi connectivity index (χ2n) is 8.42. The van der Waals surface area contributed by atoms with Crippen LogP contribution < -0.4 is 16.8 Å². The molecule has 8 heteroatoms. The van der Waals surface area contributed by atoms with Crippen LogP contribution in [0.4, 0.5) is 5.69 Å². The van der Waals surface area contributed by atoms with Crippen molar-refractivity contribution in [3.8, 4) is 0 Å². The van der Waals surface area contributed by atoms with Crippen LogP contribution in [0, 0.1) is 5.41 Å². The Kier molecular flexibility index (Phi) is 8.57. The minimum atomic E-state index is -0.870. The largest absolute Gasteiger partial charge is 0.370 e. The monoisotopic (exact) mass is 426 g/mol. The highest BCUT2D eigenvalue weighted by Gasteiger charge is 2.26. The first-order valence-electron chi connectivity index (χ1n) is 9.97. The van der Waals surface area contributed by atoms with Crippen LogP contribution in [0.3, 0.4) is 0 Å². The summed E-state index contributed by atoms with van der Waals surface area (Å²) in [7, 11) is 0. The molecular formula is C23H30N4O4. The van der Waals surface area contributed by atoms with Gasteiger partial charge in [-0.15, -0.1) is 0 Å². The third-order valence-corrected chi connectivity index (χ3v) is 4.13. The van der Waals surface area contributed by atoms with Crippen molar-refractivity contribution in [2.24, 2.45) is 21.9 Å². The molecule has 0 saturated carbocycles. The molecule has 0 unspecified atom stereocenters. The Morgan fingerprint density at radius 1 is 1.03 bits per heavy atom. The van der Waals surface area contributed by atoms with Crippen molar-refractivity contribution in [1.82, 2.24) is 5.32 Å². The Balaban J connectivity index is 1.99. The third-order valence-electron chi connectivity index (χ3n) is 4.13. The minimum absolute atomic E-state index is 0.00751. The van der Waals surface area contributed by atoms with Gasteiger partial charge in [0.05, 0.1) is 5.69 Å². The maximum atomic E-state index is 12.6. The van der Waals surface area contributed by atoms with Gasteiger partial charge in [0.1, 0.15) is 12.6 Å². The Morgan fingerprint density at radius 2 is 1.71 bits per heavy atom. The highest BCUT2D eigenvalue weighted by molar-refractivity contribution is 5.84. The number of nitrogens with zero attached hydrogens (tertiary/aromatic N) is 1. The molecule has 2 aromatic rings. The molecule has 0 aliphatic heterocycles. The first kappa shape index (κ1) is 23.9. The zero-order valence-corrected chi connectivity index (χ0v) is 18.1. The first-order chi connectivity index (χ1) is 14.6. The summed E-state index contributed by atoms with van der Waals surface area (Å²) in [5, 5.41) is 2.76. The van der Waals surface area contributed by atoms with E-state index in [9.17, 15) is 9.59 Å². The van der Waals surface area contributed by atoms with Crippen LogP contribution >= 0.6 is 0 Å². The van der Waals surface area contributed by atoms with Crippen LogP contribution in [0.5, 0.6) is 0 Å². The van der Waals surface area contributed by atoms with Gasteiger partial charge >= 0.3 is 5.97 Å². The third kappa shape index (κ3) is 9.31. The summed E-state index contributed by atoms with van der Waals surface area (Å²) in [4.78, 5) is 39.1. The van der Waals surface area contributed by atoms with Gasteiger partial charge in [-0.05, 0) is 28.7 Å². The van der Waals surface area contributed by atoms with E-state index in [1.165, 1.54) is 0 Å². The number of hydrogen-bond donors (Lipinski definition) is 3. The van der Waals surface area contributed by atoms with Gasteiger partial charge in [-0.2, -0.15) is 4.89 Å². The summed E-state index contributed by atoms with van der Waals surface area (Å²) in [5.74, 6) is -0.957. The van der Waals surface area contributed by atoms with Crippen molar-refractivity contribution in [2.45, 2.75) is 46.3 Å². The molecule has 0 spiro atoms. The smallest absolute Gasteiger partial charge is 0.364 e. The number of hydrogen-bond acceptors (Lipinski definition) is 5. The standard InChI is InChI=1S/C23H30N4O4/c1-23(2,3)14-20(28)27-19(13-16-8-5-4-6-9-16)21(29)31-30-15-17-10-7-11-18(12-17)26-22(24)25/h4-12,19H,13-15H2,1-3H3,(H,27,28)(H4,24,25,26)/t19-/m0/s1. The van der Waals surface area contributed by atoms with Crippen LogP contribution in [0.25, 0.3) is 0 Å². The molecule has 0 aromatic heterocycles. The molecule has 166 valence electrons. The van der Waals surface area contributed by atoms with E-state index >= 15 is 0 Å². The molecule has 0 heterocycles. The molecule has 1 atom stereocenters. The molecule has 0 saturated heterocycles. The lowest BCUT2D eigenvalue weighted by molar-refractivity contribution is -0.281. The first-order valence-corrected chi connectivity index (χ1v) is 9.97. The van der Waals surface area contributed by atoms with E-state index in [-0.39, 0.29) is 30.3 Å². The van der Waals surface area contributed by atoms with Gasteiger partial charge in [0.2, 0.25) is 5.91 Å². The summed E-state index contributed by atoms with van der Waals surface area (Å²) in [6.07, 6.45) is 0.572. The van der Waals surface area contributed by atoms with Gasteiger partial charge in [0.15, 0.2) is 5.96 Å². The van der Waals surface area contributed by atoms with Crippen LogP contribution in [-0.4, -0.2) is 23.9 Å². The SMILES string of the molecule is CC(C)(C)CC(=O)N[C@@H](Cc1ccccc1)C(=O)OOCc1cccc(N=C(N)N)c1. The van der Waals surface area contributed by atoms with Crippen molar-refractivity contribution < 1.29 is 19.4 Å². The van der Waals surface area contributed by atoms with Gasteiger partial charge in [-0.25, -0.2) is 9.79 Å². The number of nitrogens with one attached hydrogen (secondary N) is 1. The van der Waals surface area contributed by atoms with E-state index in [1.54, 1.807) is 24.3 Å². The van der Waals surface area contributed by atoms with E-state index < -0.39 is 12.0 Å². The average molecular weight is 427 g/mol. The summed E-state index contributed by atoms with van der Waals surface area (Å²) >= 11 is 0. The minimum Gasteiger partial charge on any atom is -0.370 e. The molecule has 31 heavy (non-hydrogen) atoms. The predicted molar refractivity (Wildman–Crippen MR) is 119 cm³/mol. The summed E-state index contributed by atoms with van der Waals surface area (Å²) in [6.45, 7) is 5.87. The van der Waals surface area contributed by atoms with Gasteiger partial charge in [0, 0.05) is 12.8 Å². The Labute approximate surface area is 182 Å². The quantitative estimate of drug-likeness (QED) is 0.245. The topological polar surface area (TPSA) is 129 Å². The number of rotatable bonds is 9. The normalized spacial score (nSPS) is 12.0. The van der Waals surface area contributed by atoms with Crippen molar-refractivity contribution in [1.29, 1.82) is 0 Å². The summed E-state index contributed by atoms with van der Waals surface area (Å²) in [6, 6.07) is 15.5. The van der Waals surface area contributed by atoms with E-state index in [2.05, 4.69) is 10.3 Å². The number of aliphatic imine (C=N–C) groups is 1. The molecular weight excluding hydrogens is 396 g/mol. The number of guanidine groups is 1. The highest BCUT2D eigenvalue weighted by Crippen LogP contribution is 2.18. The molecule has 0 fully saturated rings. The van der Waals surface area contributed by atoms with Crippen LogP contribution in [0.2, 0.25) is 0 Å². The molecule has 8 nitrogen and oxygen atoms in total. The van der Waals surface area contributed by atoms with Crippen LogP contribution in [0.15, 0.2) is 59.6 Å². The van der Waals surface area contributed by atoms with Gasteiger partial charge in [-0.3, -0.25) is 9.68 Å². The molecule has 0 aliphatic carbocycles. The Hall–Kier alpha value is -3.39. The maximum Gasteiger partial charge on any atom is 0.364 e. The molecule has 2 rings (SSSR count). The molecule has 0 radical (unpaired) electrons. The number of amides is 1. The molecule has 1 amide bonds. The van der Waals surface area contributed by atoms with Gasteiger partial charge in [0.25, 0.3) is 0 Å². The van der Waals surface area contributed by atoms with Crippen LogP contribution in [-0.2, 0) is 32.4 Å². The van der Waals surface area contributed by atoms with E-state index in [4.69, 9.17) is 21.2 Å². The number of carbonyl (C=O) groups excluding carboxylic acids is 2. The molecule has 0 bridgehead atoms. The van der Waals surface area contributed by atoms with E-state index in [1.807, 2.05) is 51.1 Å². The van der Waals surface area contributed by atoms with Gasteiger partial charge in [-0.1, -0.05) is 63.2 Å². The second kappa shape index (κ2) is 11.1. The molecule has 0 aliphatic rings. The van der Waals surface area contributed by atoms with Crippen molar-refractivity contribution >= 4 is 23.5 Å². The van der Waals surface area contributed by atoms with Crippen molar-refractivity contribution in [2.75, 3.05) is 0 Å². The number of benzene rings is 2. The summed E-state index contributed by atoms with van der Waals surface area (Å²) in [5.41, 5.74) is 12.7. The number of carbonyl (C=O) groups is 2. The van der Waals surface area contributed by atoms with E-state index in [0.717, 1.165) is 5.56 Å². The lowest BCUT2D eigenvalue weighted by Crippen LogP contribution is -2.44. The zero-order valence-electron chi connectivity index (χ0n) is 18.1. The van der Waals surface area contributed by atoms with Crippen LogP contribution in [0.1, 0.15) is 38.3 Å². The fourth-order valence-electron chi connectivity index (χ4n) is 2.85. The summed E-state index contributed by atoms with van der Waals surface area (Å²) < 4.78 is 0. The average Bonchev–Trinajstić information content (AvgIpc) is 2.66. The van der Waals surface area contributed by atoms with Gasteiger partial charge < -0.3 is 16.8 Å². The fraction of sp³-hybridized carbons (Fsp3) is 0.348. The highest BCUT2D eigenvalue weighted by atomic mass is 17.2. The van der Waals surface area contributed by atoms with Crippen molar-refractivity contribution in [3.63, 3.8) is 0 Å². The predicted octanol–water partition coefficient (Wildman–Crippen LogP) is 2.73. The van der Waals surface area contributed by atoms with E-state index in [0.29, 0.717) is 17.7 Å². The lowest BCUT2D eigenvalue weighted by atomic mass is 9.91. The molecule has 2 aromatic carbocycles. The fourth-order valence-corrected chi connectivity index (χ4v) is 2.85. The maximum absolute atomic E-state index is 12.6. The second-order valence-corrected chi connectivity index (χ2v) is 8.42. The zero-order chi connectivity index (χ0) is 22.9. The molecule has 5 N–H and O–H groups in total.